The van der Waals surface area contributed by atoms with Crippen LogP contribution in [0.25, 0.3) is 0 Å². The Morgan fingerprint density at radius 1 is 1.41 bits per heavy atom. The first-order valence-corrected chi connectivity index (χ1v) is 6.66. The molecule has 0 aromatic carbocycles. The molecule has 0 spiro atoms. The molecular formula is C13H25N3O. The lowest BCUT2D eigenvalue weighted by atomic mass is 9.68. The summed E-state index contributed by atoms with van der Waals surface area (Å²) in [6, 6.07) is 0.494. The van der Waals surface area contributed by atoms with E-state index in [9.17, 15) is 4.79 Å². The second kappa shape index (κ2) is 4.58. The fraction of sp³-hybridized carbons (Fsp3) is 0.923. The van der Waals surface area contributed by atoms with Crippen LogP contribution in [0.4, 0.5) is 0 Å². The summed E-state index contributed by atoms with van der Waals surface area (Å²) in [6.45, 7) is 4.51. The van der Waals surface area contributed by atoms with Crippen molar-refractivity contribution in [3.05, 3.63) is 0 Å². The summed E-state index contributed by atoms with van der Waals surface area (Å²) in [6.07, 6.45) is 3.13. The van der Waals surface area contributed by atoms with Crippen LogP contribution in [0, 0.1) is 11.3 Å². The van der Waals surface area contributed by atoms with Crippen LogP contribution >= 0.6 is 0 Å². The summed E-state index contributed by atoms with van der Waals surface area (Å²) in [7, 11) is 4.19. The number of hydrogen-bond donors (Lipinski definition) is 1. The number of carbonyl (C=O) groups excluding carboxylic acids is 1. The van der Waals surface area contributed by atoms with Crippen molar-refractivity contribution >= 4 is 5.91 Å². The van der Waals surface area contributed by atoms with Crippen LogP contribution in [0.5, 0.6) is 0 Å². The molecule has 2 aliphatic rings. The molecule has 2 unspecified atom stereocenters. The van der Waals surface area contributed by atoms with Gasteiger partial charge in [0.1, 0.15) is 0 Å². The fourth-order valence-corrected chi connectivity index (χ4v) is 3.23. The number of likely N-dealkylation sites (tertiary alicyclic amines) is 1. The van der Waals surface area contributed by atoms with E-state index in [2.05, 4.69) is 25.9 Å². The van der Waals surface area contributed by atoms with E-state index in [4.69, 9.17) is 5.73 Å². The number of hydrogen-bond acceptors (Lipinski definition) is 3. The number of amides is 1. The van der Waals surface area contributed by atoms with Gasteiger partial charge in [-0.15, -0.1) is 0 Å². The summed E-state index contributed by atoms with van der Waals surface area (Å²) in [5.41, 5.74) is 5.60. The molecule has 1 amide bonds. The standard InChI is InChI=1S/C13H25N3O/c1-10-7-16(8-11(10)15(2)3)12(17)13(9-14)5-4-6-13/h10-11H,4-9,14H2,1-3H3. The SMILES string of the molecule is CC1CN(C(=O)C2(CN)CCC2)CC1N(C)C. The van der Waals surface area contributed by atoms with Crippen molar-refractivity contribution in [2.24, 2.45) is 17.1 Å². The molecule has 2 N–H and O–H groups in total. The molecule has 98 valence electrons. The minimum absolute atomic E-state index is 0.207. The summed E-state index contributed by atoms with van der Waals surface area (Å²) >= 11 is 0. The van der Waals surface area contributed by atoms with E-state index in [1.807, 2.05) is 4.90 Å². The minimum Gasteiger partial charge on any atom is -0.340 e. The van der Waals surface area contributed by atoms with Gasteiger partial charge in [0, 0.05) is 25.7 Å². The van der Waals surface area contributed by atoms with Crippen molar-refractivity contribution in [2.45, 2.75) is 32.2 Å². The summed E-state index contributed by atoms with van der Waals surface area (Å²) in [4.78, 5) is 16.8. The van der Waals surface area contributed by atoms with E-state index < -0.39 is 0 Å². The van der Waals surface area contributed by atoms with E-state index >= 15 is 0 Å². The van der Waals surface area contributed by atoms with Crippen LogP contribution in [-0.2, 0) is 4.79 Å². The van der Waals surface area contributed by atoms with Crippen LogP contribution in [0.15, 0.2) is 0 Å². The molecule has 0 bridgehead atoms. The molecule has 0 aromatic heterocycles. The maximum Gasteiger partial charge on any atom is 0.230 e. The Bertz CT molecular complexity index is 294. The van der Waals surface area contributed by atoms with Crippen LogP contribution < -0.4 is 5.73 Å². The third kappa shape index (κ3) is 2.08. The second-order valence-electron chi connectivity index (χ2n) is 6.06. The number of likely N-dealkylation sites (N-methyl/N-ethyl adjacent to an activating group) is 1. The molecule has 1 saturated heterocycles. The highest BCUT2D eigenvalue weighted by molar-refractivity contribution is 5.84. The van der Waals surface area contributed by atoms with Crippen LogP contribution in [0.3, 0.4) is 0 Å². The first-order valence-electron chi connectivity index (χ1n) is 6.66. The van der Waals surface area contributed by atoms with Crippen molar-refractivity contribution < 1.29 is 4.79 Å². The van der Waals surface area contributed by atoms with Gasteiger partial charge in [0.15, 0.2) is 0 Å². The molecular weight excluding hydrogens is 214 g/mol. The maximum atomic E-state index is 12.5. The molecule has 1 aliphatic heterocycles. The van der Waals surface area contributed by atoms with Crippen LogP contribution in [0.2, 0.25) is 0 Å². The van der Waals surface area contributed by atoms with Crippen molar-refractivity contribution in [2.75, 3.05) is 33.7 Å². The molecule has 0 radical (unpaired) electrons. The van der Waals surface area contributed by atoms with Crippen LogP contribution in [0.1, 0.15) is 26.2 Å². The molecule has 2 fully saturated rings. The topological polar surface area (TPSA) is 49.6 Å². The third-order valence-electron chi connectivity index (χ3n) is 4.68. The molecule has 1 aliphatic carbocycles. The van der Waals surface area contributed by atoms with Gasteiger partial charge in [0.2, 0.25) is 5.91 Å². The smallest absolute Gasteiger partial charge is 0.230 e. The summed E-state index contributed by atoms with van der Waals surface area (Å²) < 4.78 is 0. The van der Waals surface area contributed by atoms with Gasteiger partial charge in [-0.25, -0.2) is 0 Å². The average Bonchev–Trinajstić information content (AvgIpc) is 2.59. The molecule has 17 heavy (non-hydrogen) atoms. The van der Waals surface area contributed by atoms with Gasteiger partial charge in [-0.3, -0.25) is 4.79 Å². The lowest BCUT2D eigenvalue weighted by Crippen LogP contribution is -2.51. The van der Waals surface area contributed by atoms with Gasteiger partial charge in [0.05, 0.1) is 5.41 Å². The molecule has 4 nitrogen and oxygen atoms in total. The van der Waals surface area contributed by atoms with Gasteiger partial charge < -0.3 is 15.5 Å². The monoisotopic (exact) mass is 239 g/mol. The van der Waals surface area contributed by atoms with Gasteiger partial charge in [-0.2, -0.15) is 0 Å². The fourth-order valence-electron chi connectivity index (χ4n) is 3.23. The molecule has 1 heterocycles. The highest BCUT2D eigenvalue weighted by atomic mass is 16.2. The molecule has 0 aromatic rings. The number of rotatable bonds is 3. The van der Waals surface area contributed by atoms with Crippen LogP contribution in [-0.4, -0.2) is 55.5 Å². The molecule has 1 saturated carbocycles. The quantitative estimate of drug-likeness (QED) is 0.781. The first-order chi connectivity index (χ1) is 8.00. The Morgan fingerprint density at radius 2 is 2.06 bits per heavy atom. The Morgan fingerprint density at radius 3 is 2.41 bits per heavy atom. The largest absolute Gasteiger partial charge is 0.340 e. The van der Waals surface area contributed by atoms with E-state index in [0.717, 1.165) is 32.4 Å². The summed E-state index contributed by atoms with van der Waals surface area (Å²) in [5.74, 6) is 0.867. The van der Waals surface area contributed by atoms with E-state index in [0.29, 0.717) is 24.4 Å². The van der Waals surface area contributed by atoms with Crippen molar-refractivity contribution in [3.8, 4) is 0 Å². The second-order valence-corrected chi connectivity index (χ2v) is 6.06. The van der Waals surface area contributed by atoms with Crippen molar-refractivity contribution in [1.29, 1.82) is 0 Å². The maximum absolute atomic E-state index is 12.5. The summed E-state index contributed by atoms with van der Waals surface area (Å²) in [5, 5.41) is 0. The minimum atomic E-state index is -0.207. The molecule has 4 heteroatoms. The molecule has 2 atom stereocenters. The van der Waals surface area contributed by atoms with E-state index in [1.165, 1.54) is 0 Å². The Balaban J connectivity index is 2.02. The Hall–Kier alpha value is -0.610. The normalized spacial score (nSPS) is 31.7. The first kappa shape index (κ1) is 12.8. The van der Waals surface area contributed by atoms with Gasteiger partial charge >= 0.3 is 0 Å². The van der Waals surface area contributed by atoms with Crippen molar-refractivity contribution in [1.82, 2.24) is 9.80 Å². The molecule has 2 rings (SSSR count). The predicted molar refractivity (Wildman–Crippen MR) is 68.6 cm³/mol. The predicted octanol–water partition coefficient (Wildman–Crippen LogP) is 0.524. The number of nitrogens with two attached hydrogens (primary N) is 1. The zero-order valence-corrected chi connectivity index (χ0v) is 11.3. The highest BCUT2D eigenvalue weighted by Gasteiger charge is 2.47. The average molecular weight is 239 g/mol. The van der Waals surface area contributed by atoms with Crippen molar-refractivity contribution in [3.63, 3.8) is 0 Å². The number of nitrogens with zero attached hydrogens (tertiary/aromatic N) is 2. The van der Waals surface area contributed by atoms with E-state index in [-0.39, 0.29) is 5.41 Å². The van der Waals surface area contributed by atoms with Gasteiger partial charge in [0.25, 0.3) is 0 Å². The highest BCUT2D eigenvalue weighted by Crippen LogP contribution is 2.42. The number of carbonyl (C=O) groups is 1. The lowest BCUT2D eigenvalue weighted by molar-refractivity contribution is -0.145. The third-order valence-corrected chi connectivity index (χ3v) is 4.68. The van der Waals surface area contributed by atoms with Gasteiger partial charge in [-0.05, 0) is 32.9 Å². The Kier molecular flexibility index (Phi) is 3.46. The zero-order valence-electron chi connectivity index (χ0n) is 11.3. The van der Waals surface area contributed by atoms with E-state index in [1.54, 1.807) is 0 Å². The lowest BCUT2D eigenvalue weighted by Gasteiger charge is -2.41. The van der Waals surface area contributed by atoms with Gasteiger partial charge in [-0.1, -0.05) is 13.3 Å². The zero-order chi connectivity index (χ0) is 12.6. The Labute approximate surface area is 104 Å².